The summed E-state index contributed by atoms with van der Waals surface area (Å²) in [6.07, 6.45) is 4.99. The number of likely N-dealkylation sites (tertiary alicyclic amines) is 1. The van der Waals surface area contributed by atoms with Crippen molar-refractivity contribution in [3.05, 3.63) is 16.1 Å². The van der Waals surface area contributed by atoms with Crippen LogP contribution in [-0.2, 0) is 6.42 Å². The summed E-state index contributed by atoms with van der Waals surface area (Å²) in [5.41, 5.74) is 1.24. The van der Waals surface area contributed by atoms with Gasteiger partial charge in [0.1, 0.15) is 0 Å². The first-order valence-electron chi connectivity index (χ1n) is 7.53. The predicted octanol–water partition coefficient (Wildman–Crippen LogP) is 2.85. The minimum absolute atomic E-state index is 0.691. The molecule has 1 N–H and O–H groups in total. The lowest BCUT2D eigenvalue weighted by Gasteiger charge is -2.24. The van der Waals surface area contributed by atoms with Crippen LogP contribution in [0.3, 0.4) is 0 Å². The van der Waals surface area contributed by atoms with Gasteiger partial charge in [0.25, 0.3) is 0 Å². The summed E-state index contributed by atoms with van der Waals surface area (Å²) < 4.78 is 0. The SMILES string of the molecule is Cc1nc(CCNC2CCCN(C(C)C)CC2)cs1. The van der Waals surface area contributed by atoms with Crippen molar-refractivity contribution in [2.75, 3.05) is 19.6 Å². The zero-order valence-corrected chi connectivity index (χ0v) is 13.3. The molecule has 2 heterocycles. The van der Waals surface area contributed by atoms with Crippen molar-refractivity contribution in [2.24, 2.45) is 0 Å². The number of hydrogen-bond acceptors (Lipinski definition) is 4. The number of thiazole rings is 1. The lowest BCUT2D eigenvalue weighted by Crippen LogP contribution is -2.34. The van der Waals surface area contributed by atoms with Gasteiger partial charge in [-0.3, -0.25) is 0 Å². The Kier molecular flexibility index (Phi) is 5.79. The molecule has 0 spiro atoms. The monoisotopic (exact) mass is 281 g/mol. The molecule has 19 heavy (non-hydrogen) atoms. The molecule has 0 radical (unpaired) electrons. The van der Waals surface area contributed by atoms with Gasteiger partial charge < -0.3 is 10.2 Å². The van der Waals surface area contributed by atoms with Crippen LogP contribution in [0.25, 0.3) is 0 Å². The van der Waals surface area contributed by atoms with Crippen LogP contribution >= 0.6 is 11.3 Å². The minimum atomic E-state index is 0.691. The van der Waals surface area contributed by atoms with Gasteiger partial charge in [-0.2, -0.15) is 0 Å². The fourth-order valence-corrected chi connectivity index (χ4v) is 3.41. The highest BCUT2D eigenvalue weighted by atomic mass is 32.1. The van der Waals surface area contributed by atoms with Gasteiger partial charge in [-0.15, -0.1) is 11.3 Å². The zero-order chi connectivity index (χ0) is 13.7. The van der Waals surface area contributed by atoms with Gasteiger partial charge in [0.05, 0.1) is 10.7 Å². The summed E-state index contributed by atoms with van der Waals surface area (Å²) in [6.45, 7) is 10.3. The Balaban J connectivity index is 1.68. The van der Waals surface area contributed by atoms with E-state index in [1.54, 1.807) is 11.3 Å². The largest absolute Gasteiger partial charge is 0.314 e. The Morgan fingerprint density at radius 3 is 2.95 bits per heavy atom. The molecule has 1 unspecified atom stereocenters. The van der Waals surface area contributed by atoms with Crippen molar-refractivity contribution in [1.82, 2.24) is 15.2 Å². The van der Waals surface area contributed by atoms with E-state index in [1.807, 2.05) is 0 Å². The van der Waals surface area contributed by atoms with Gasteiger partial charge in [-0.25, -0.2) is 4.98 Å². The molecule has 1 atom stereocenters. The van der Waals surface area contributed by atoms with Crippen LogP contribution in [0.4, 0.5) is 0 Å². The summed E-state index contributed by atoms with van der Waals surface area (Å²) >= 11 is 1.75. The molecule has 108 valence electrons. The molecule has 3 nitrogen and oxygen atoms in total. The zero-order valence-electron chi connectivity index (χ0n) is 12.5. The van der Waals surface area contributed by atoms with Gasteiger partial charge in [-0.05, 0) is 53.1 Å². The predicted molar refractivity (Wildman–Crippen MR) is 82.9 cm³/mol. The molecule has 1 fully saturated rings. The van der Waals surface area contributed by atoms with E-state index in [0.717, 1.165) is 13.0 Å². The number of rotatable bonds is 5. The average molecular weight is 281 g/mol. The molecule has 0 bridgehead atoms. The first kappa shape index (κ1) is 14.9. The normalized spacial score (nSPS) is 21.8. The van der Waals surface area contributed by atoms with E-state index in [-0.39, 0.29) is 0 Å². The minimum Gasteiger partial charge on any atom is -0.314 e. The number of nitrogens with zero attached hydrogens (tertiary/aromatic N) is 2. The molecule has 1 aromatic rings. The van der Waals surface area contributed by atoms with E-state index in [4.69, 9.17) is 0 Å². The number of nitrogens with one attached hydrogen (secondary N) is 1. The van der Waals surface area contributed by atoms with Gasteiger partial charge in [-0.1, -0.05) is 0 Å². The molecule has 0 saturated carbocycles. The smallest absolute Gasteiger partial charge is 0.0897 e. The van der Waals surface area contributed by atoms with Crippen LogP contribution < -0.4 is 5.32 Å². The van der Waals surface area contributed by atoms with Crippen LogP contribution in [0.2, 0.25) is 0 Å². The quantitative estimate of drug-likeness (QED) is 0.899. The molecule has 0 aromatic carbocycles. The molecule has 4 heteroatoms. The molecular formula is C15H27N3S. The van der Waals surface area contributed by atoms with E-state index in [1.165, 1.54) is 43.1 Å². The molecule has 1 aliphatic heterocycles. The van der Waals surface area contributed by atoms with Gasteiger partial charge in [0.2, 0.25) is 0 Å². The highest BCUT2D eigenvalue weighted by Crippen LogP contribution is 2.13. The van der Waals surface area contributed by atoms with Gasteiger partial charge >= 0.3 is 0 Å². The molecule has 1 aromatic heterocycles. The van der Waals surface area contributed by atoms with Gasteiger partial charge in [0, 0.05) is 30.4 Å². The van der Waals surface area contributed by atoms with Crippen molar-refractivity contribution >= 4 is 11.3 Å². The van der Waals surface area contributed by atoms with E-state index in [2.05, 4.69) is 41.4 Å². The number of hydrogen-bond donors (Lipinski definition) is 1. The summed E-state index contributed by atoms with van der Waals surface area (Å²) in [6, 6.07) is 1.39. The Morgan fingerprint density at radius 2 is 2.26 bits per heavy atom. The summed E-state index contributed by atoms with van der Waals surface area (Å²) in [5, 5.41) is 7.08. The van der Waals surface area contributed by atoms with Crippen molar-refractivity contribution in [1.29, 1.82) is 0 Å². The second-order valence-corrected chi connectivity index (χ2v) is 6.88. The molecule has 1 saturated heterocycles. The van der Waals surface area contributed by atoms with Crippen LogP contribution in [0, 0.1) is 6.92 Å². The molecule has 1 aliphatic rings. The van der Waals surface area contributed by atoms with E-state index in [0.29, 0.717) is 12.1 Å². The topological polar surface area (TPSA) is 28.2 Å². The summed E-state index contributed by atoms with van der Waals surface area (Å²) in [4.78, 5) is 7.12. The van der Waals surface area contributed by atoms with E-state index >= 15 is 0 Å². The standard InChI is InChI=1S/C15H27N3S/c1-12(2)18-9-4-5-14(7-10-18)16-8-6-15-11-19-13(3)17-15/h11-12,14,16H,4-10H2,1-3H3. The molecule has 0 aliphatic carbocycles. The van der Waals surface area contributed by atoms with Crippen molar-refractivity contribution in [3.63, 3.8) is 0 Å². The maximum absolute atomic E-state index is 4.52. The first-order chi connectivity index (χ1) is 9.15. The lowest BCUT2D eigenvalue weighted by atomic mass is 10.1. The van der Waals surface area contributed by atoms with E-state index < -0.39 is 0 Å². The fourth-order valence-electron chi connectivity index (χ4n) is 2.77. The maximum Gasteiger partial charge on any atom is 0.0897 e. The Labute approximate surface area is 121 Å². The highest BCUT2D eigenvalue weighted by Gasteiger charge is 2.17. The lowest BCUT2D eigenvalue weighted by molar-refractivity contribution is 0.229. The summed E-state index contributed by atoms with van der Waals surface area (Å²) in [7, 11) is 0. The van der Waals surface area contributed by atoms with Crippen molar-refractivity contribution < 1.29 is 0 Å². The second-order valence-electron chi connectivity index (χ2n) is 5.82. The van der Waals surface area contributed by atoms with Crippen LogP contribution in [-0.4, -0.2) is 41.6 Å². The number of aryl methyl sites for hydroxylation is 1. The first-order valence-corrected chi connectivity index (χ1v) is 8.41. The summed E-state index contributed by atoms with van der Waals surface area (Å²) in [5.74, 6) is 0. The average Bonchev–Trinajstić information content (AvgIpc) is 2.64. The van der Waals surface area contributed by atoms with Crippen molar-refractivity contribution in [2.45, 2.75) is 58.5 Å². The molecule has 2 rings (SSSR count). The number of aromatic nitrogens is 1. The van der Waals surface area contributed by atoms with E-state index in [9.17, 15) is 0 Å². The van der Waals surface area contributed by atoms with Crippen LogP contribution in [0.5, 0.6) is 0 Å². The van der Waals surface area contributed by atoms with Gasteiger partial charge in [0.15, 0.2) is 0 Å². The third kappa shape index (κ3) is 4.86. The fraction of sp³-hybridized carbons (Fsp3) is 0.800. The second kappa shape index (κ2) is 7.36. The Hall–Kier alpha value is -0.450. The molecular weight excluding hydrogens is 254 g/mol. The third-order valence-electron chi connectivity index (χ3n) is 3.97. The Morgan fingerprint density at radius 1 is 1.42 bits per heavy atom. The Bertz CT molecular complexity index is 375. The van der Waals surface area contributed by atoms with Crippen LogP contribution in [0.1, 0.15) is 43.8 Å². The molecule has 0 amide bonds. The van der Waals surface area contributed by atoms with Crippen LogP contribution in [0.15, 0.2) is 5.38 Å². The van der Waals surface area contributed by atoms with Crippen molar-refractivity contribution in [3.8, 4) is 0 Å². The third-order valence-corrected chi connectivity index (χ3v) is 4.80. The maximum atomic E-state index is 4.52. The highest BCUT2D eigenvalue weighted by molar-refractivity contribution is 7.09.